The number of hydrogen-bond acceptors (Lipinski definition) is 3. The molecule has 1 aromatic heterocycles. The quantitative estimate of drug-likeness (QED) is 0.777. The summed E-state index contributed by atoms with van der Waals surface area (Å²) in [5.41, 5.74) is 2.33. The zero-order chi connectivity index (χ0) is 13.5. The highest BCUT2D eigenvalue weighted by molar-refractivity contribution is 5.89. The van der Waals surface area contributed by atoms with Crippen molar-refractivity contribution in [3.05, 3.63) is 65.5 Å². The number of carbonyl (C=O) groups is 1. The van der Waals surface area contributed by atoms with Crippen LogP contribution in [0.25, 0.3) is 0 Å². The van der Waals surface area contributed by atoms with Gasteiger partial charge in [-0.2, -0.15) is 0 Å². The Balaban J connectivity index is 1.85. The Morgan fingerprint density at radius 2 is 2.05 bits per heavy atom. The molecule has 0 atom stereocenters. The van der Waals surface area contributed by atoms with E-state index < -0.39 is 5.97 Å². The number of hydrogen-bond donors (Lipinski definition) is 2. The highest BCUT2D eigenvalue weighted by Gasteiger charge is 2.07. The molecule has 0 aliphatic carbocycles. The number of aromatic carboxylic acids is 1. The van der Waals surface area contributed by atoms with E-state index in [0.29, 0.717) is 12.1 Å². The van der Waals surface area contributed by atoms with E-state index in [1.807, 2.05) is 30.5 Å². The predicted octanol–water partition coefficient (Wildman–Crippen LogP) is 2.11. The van der Waals surface area contributed by atoms with Gasteiger partial charge < -0.3 is 10.4 Å². The van der Waals surface area contributed by atoms with Gasteiger partial charge in [0.2, 0.25) is 0 Å². The molecular formula is C15H16N2O2. The molecule has 19 heavy (non-hydrogen) atoms. The Morgan fingerprint density at radius 3 is 2.79 bits per heavy atom. The third-order valence-electron chi connectivity index (χ3n) is 2.88. The predicted molar refractivity (Wildman–Crippen MR) is 73.0 cm³/mol. The first kappa shape index (κ1) is 13.2. The highest BCUT2D eigenvalue weighted by Crippen LogP contribution is 2.08. The summed E-state index contributed by atoms with van der Waals surface area (Å²) in [6.07, 6.45) is 4.47. The standard InChI is InChI=1S/C15H16N2O2/c18-15(19)14-6-2-1-5-13(14)11-17-9-7-12-4-3-8-16-10-12/h1-6,8,10,17H,7,9,11H2,(H,18,19). The second-order valence-corrected chi connectivity index (χ2v) is 4.25. The molecule has 2 N–H and O–H groups in total. The van der Waals surface area contributed by atoms with Crippen LogP contribution in [0.2, 0.25) is 0 Å². The number of nitrogens with zero attached hydrogens (tertiary/aromatic N) is 1. The van der Waals surface area contributed by atoms with Crippen molar-refractivity contribution in [2.45, 2.75) is 13.0 Å². The smallest absolute Gasteiger partial charge is 0.336 e. The third-order valence-corrected chi connectivity index (χ3v) is 2.88. The van der Waals surface area contributed by atoms with Gasteiger partial charge in [-0.15, -0.1) is 0 Å². The van der Waals surface area contributed by atoms with E-state index in [-0.39, 0.29) is 0 Å². The monoisotopic (exact) mass is 256 g/mol. The Labute approximate surface area is 112 Å². The van der Waals surface area contributed by atoms with Gasteiger partial charge in [0.15, 0.2) is 0 Å². The van der Waals surface area contributed by atoms with Crippen molar-refractivity contribution < 1.29 is 9.90 Å². The number of pyridine rings is 1. The van der Waals surface area contributed by atoms with Crippen molar-refractivity contribution in [3.63, 3.8) is 0 Å². The maximum atomic E-state index is 11.0. The summed E-state index contributed by atoms with van der Waals surface area (Å²) in [7, 11) is 0. The number of benzene rings is 1. The molecule has 2 aromatic rings. The Hall–Kier alpha value is -2.20. The summed E-state index contributed by atoms with van der Waals surface area (Å²) in [6.45, 7) is 1.35. The number of aromatic nitrogens is 1. The molecule has 0 spiro atoms. The molecule has 0 amide bonds. The molecule has 0 saturated carbocycles. The van der Waals surface area contributed by atoms with Gasteiger partial charge in [-0.1, -0.05) is 24.3 Å². The summed E-state index contributed by atoms with van der Waals surface area (Å²) in [4.78, 5) is 15.1. The number of nitrogens with one attached hydrogen (secondary N) is 1. The van der Waals surface area contributed by atoms with Gasteiger partial charge >= 0.3 is 5.97 Å². The minimum atomic E-state index is -0.885. The van der Waals surface area contributed by atoms with Crippen LogP contribution in [0.1, 0.15) is 21.5 Å². The topological polar surface area (TPSA) is 62.2 Å². The van der Waals surface area contributed by atoms with Gasteiger partial charge in [0.1, 0.15) is 0 Å². The minimum absolute atomic E-state index is 0.358. The maximum Gasteiger partial charge on any atom is 0.336 e. The lowest BCUT2D eigenvalue weighted by atomic mass is 10.1. The zero-order valence-electron chi connectivity index (χ0n) is 10.5. The number of rotatable bonds is 6. The van der Waals surface area contributed by atoms with Gasteiger partial charge in [0, 0.05) is 18.9 Å². The van der Waals surface area contributed by atoms with Crippen molar-refractivity contribution in [3.8, 4) is 0 Å². The van der Waals surface area contributed by atoms with Crippen LogP contribution in [0.15, 0.2) is 48.8 Å². The molecule has 4 heteroatoms. The van der Waals surface area contributed by atoms with Gasteiger partial charge in [-0.3, -0.25) is 4.98 Å². The molecule has 1 aromatic carbocycles. The number of carboxylic acid groups (broad SMARTS) is 1. The van der Waals surface area contributed by atoms with Crippen LogP contribution in [0.5, 0.6) is 0 Å². The molecule has 0 bridgehead atoms. The van der Waals surface area contributed by atoms with E-state index in [1.165, 1.54) is 5.56 Å². The van der Waals surface area contributed by atoms with Crippen LogP contribution < -0.4 is 5.32 Å². The largest absolute Gasteiger partial charge is 0.478 e. The summed E-state index contributed by atoms with van der Waals surface area (Å²) in [5.74, 6) is -0.885. The Bertz CT molecular complexity index is 541. The molecule has 0 aliphatic rings. The lowest BCUT2D eigenvalue weighted by Gasteiger charge is -2.07. The normalized spacial score (nSPS) is 10.3. The average molecular weight is 256 g/mol. The fourth-order valence-electron chi connectivity index (χ4n) is 1.88. The third kappa shape index (κ3) is 3.89. The molecule has 4 nitrogen and oxygen atoms in total. The molecule has 1 heterocycles. The minimum Gasteiger partial charge on any atom is -0.478 e. The van der Waals surface area contributed by atoms with Crippen molar-refractivity contribution in [2.75, 3.05) is 6.54 Å². The molecule has 0 aliphatic heterocycles. The SMILES string of the molecule is O=C(O)c1ccccc1CNCCc1cccnc1. The highest BCUT2D eigenvalue weighted by atomic mass is 16.4. The molecule has 0 fully saturated rings. The van der Waals surface area contributed by atoms with E-state index >= 15 is 0 Å². The summed E-state index contributed by atoms with van der Waals surface area (Å²) in [6, 6.07) is 11.0. The molecule has 0 radical (unpaired) electrons. The first-order valence-electron chi connectivity index (χ1n) is 6.18. The fourth-order valence-corrected chi connectivity index (χ4v) is 1.88. The summed E-state index contributed by atoms with van der Waals surface area (Å²) < 4.78 is 0. The molecule has 0 unspecified atom stereocenters. The van der Waals surface area contributed by atoms with E-state index in [1.54, 1.807) is 18.3 Å². The van der Waals surface area contributed by atoms with Gasteiger partial charge in [-0.05, 0) is 36.2 Å². The van der Waals surface area contributed by atoms with E-state index in [2.05, 4.69) is 10.3 Å². The lowest BCUT2D eigenvalue weighted by molar-refractivity contribution is 0.0695. The summed E-state index contributed by atoms with van der Waals surface area (Å²) >= 11 is 0. The second kappa shape index (κ2) is 6.66. The van der Waals surface area contributed by atoms with Crippen LogP contribution in [0.3, 0.4) is 0 Å². The van der Waals surface area contributed by atoms with Crippen LogP contribution in [-0.2, 0) is 13.0 Å². The van der Waals surface area contributed by atoms with Gasteiger partial charge in [0.25, 0.3) is 0 Å². The summed E-state index contributed by atoms with van der Waals surface area (Å²) in [5, 5.41) is 12.3. The maximum absolute atomic E-state index is 11.0. The van der Waals surface area contributed by atoms with Crippen LogP contribution >= 0.6 is 0 Å². The second-order valence-electron chi connectivity index (χ2n) is 4.25. The first-order chi connectivity index (χ1) is 9.27. The van der Waals surface area contributed by atoms with Gasteiger partial charge in [-0.25, -0.2) is 4.79 Å². The van der Waals surface area contributed by atoms with Crippen molar-refractivity contribution >= 4 is 5.97 Å². The molecule has 98 valence electrons. The van der Waals surface area contributed by atoms with Crippen LogP contribution in [0.4, 0.5) is 0 Å². The molecular weight excluding hydrogens is 240 g/mol. The Kier molecular flexibility index (Phi) is 4.64. The fraction of sp³-hybridized carbons (Fsp3) is 0.200. The van der Waals surface area contributed by atoms with E-state index in [0.717, 1.165) is 18.5 Å². The lowest BCUT2D eigenvalue weighted by Crippen LogP contribution is -2.18. The van der Waals surface area contributed by atoms with Crippen molar-refractivity contribution in [1.29, 1.82) is 0 Å². The first-order valence-corrected chi connectivity index (χ1v) is 6.18. The van der Waals surface area contributed by atoms with Crippen LogP contribution in [-0.4, -0.2) is 22.6 Å². The molecule has 0 saturated heterocycles. The van der Waals surface area contributed by atoms with E-state index in [9.17, 15) is 4.79 Å². The Morgan fingerprint density at radius 1 is 1.21 bits per heavy atom. The van der Waals surface area contributed by atoms with Crippen LogP contribution in [0, 0.1) is 0 Å². The van der Waals surface area contributed by atoms with Crippen molar-refractivity contribution in [1.82, 2.24) is 10.3 Å². The van der Waals surface area contributed by atoms with E-state index in [4.69, 9.17) is 5.11 Å². The molecule has 2 rings (SSSR count). The van der Waals surface area contributed by atoms with Crippen molar-refractivity contribution in [2.24, 2.45) is 0 Å². The number of carboxylic acids is 1. The zero-order valence-corrected chi connectivity index (χ0v) is 10.5. The average Bonchev–Trinajstić information content (AvgIpc) is 2.45. The van der Waals surface area contributed by atoms with Gasteiger partial charge in [0.05, 0.1) is 5.56 Å².